The van der Waals surface area contributed by atoms with Crippen molar-refractivity contribution in [3.8, 4) is 0 Å². The average Bonchev–Trinajstić information content (AvgIpc) is 2.64. The minimum atomic E-state index is 0.815. The van der Waals surface area contributed by atoms with Crippen LogP contribution in [0.4, 0.5) is 11.4 Å². The summed E-state index contributed by atoms with van der Waals surface area (Å²) in [6.07, 6.45) is 0.998. The Balaban J connectivity index is 2.51. The minimum absolute atomic E-state index is 0.815. The first-order valence-corrected chi connectivity index (χ1v) is 6.51. The molecule has 0 fully saturated rings. The first-order chi connectivity index (χ1) is 8.19. The number of nitrogens with two attached hydrogens (primary N) is 2. The number of hydrogen-bond donors (Lipinski definition) is 2. The number of fused-ring (bicyclic) bond motifs is 3. The molecule has 1 heterocycles. The van der Waals surface area contributed by atoms with Crippen molar-refractivity contribution in [1.82, 2.24) is 0 Å². The van der Waals surface area contributed by atoms with Gasteiger partial charge >= 0.3 is 0 Å². The summed E-state index contributed by atoms with van der Waals surface area (Å²) in [7, 11) is 0. The van der Waals surface area contributed by atoms with Gasteiger partial charge < -0.3 is 11.5 Å². The van der Waals surface area contributed by atoms with Crippen LogP contribution in [0.5, 0.6) is 0 Å². The molecule has 0 spiro atoms. The van der Waals surface area contributed by atoms with Crippen LogP contribution in [-0.2, 0) is 6.42 Å². The van der Waals surface area contributed by atoms with Crippen molar-refractivity contribution < 1.29 is 0 Å². The number of rotatable bonds is 1. The van der Waals surface area contributed by atoms with Gasteiger partial charge in [-0.25, -0.2) is 0 Å². The third kappa shape index (κ3) is 1.54. The quantitative estimate of drug-likeness (QED) is 0.638. The van der Waals surface area contributed by atoms with E-state index in [4.69, 9.17) is 11.5 Å². The van der Waals surface area contributed by atoms with Crippen LogP contribution >= 0.6 is 11.3 Å². The molecule has 0 radical (unpaired) electrons. The second-order valence-electron chi connectivity index (χ2n) is 4.26. The molecule has 0 saturated carbocycles. The highest BCUT2D eigenvalue weighted by atomic mass is 32.1. The molecule has 2 aromatic carbocycles. The zero-order valence-corrected chi connectivity index (χ0v) is 10.5. The van der Waals surface area contributed by atoms with E-state index < -0.39 is 0 Å². The SMILES string of the molecule is CCc1cc(N)cc2sc3cc(N)ccc3c12. The van der Waals surface area contributed by atoms with E-state index in [1.165, 1.54) is 25.7 Å². The molecule has 86 valence electrons. The number of thiophene rings is 1. The maximum atomic E-state index is 5.93. The van der Waals surface area contributed by atoms with Gasteiger partial charge in [0.15, 0.2) is 0 Å². The van der Waals surface area contributed by atoms with Crippen LogP contribution < -0.4 is 11.5 Å². The normalized spacial score (nSPS) is 11.4. The van der Waals surface area contributed by atoms with Crippen LogP contribution in [0.25, 0.3) is 20.2 Å². The molecule has 4 N–H and O–H groups in total. The highest BCUT2D eigenvalue weighted by Crippen LogP contribution is 2.38. The van der Waals surface area contributed by atoms with E-state index in [2.05, 4.69) is 25.1 Å². The van der Waals surface area contributed by atoms with Gasteiger partial charge in [-0.3, -0.25) is 0 Å². The molecule has 3 rings (SSSR count). The number of anilines is 2. The third-order valence-corrected chi connectivity index (χ3v) is 4.18. The van der Waals surface area contributed by atoms with Crippen molar-refractivity contribution >= 4 is 42.9 Å². The van der Waals surface area contributed by atoms with Crippen molar-refractivity contribution in [2.45, 2.75) is 13.3 Å². The van der Waals surface area contributed by atoms with Gasteiger partial charge in [0.05, 0.1) is 0 Å². The largest absolute Gasteiger partial charge is 0.399 e. The molecule has 0 aliphatic heterocycles. The van der Waals surface area contributed by atoms with E-state index in [9.17, 15) is 0 Å². The Kier molecular flexibility index (Phi) is 2.23. The Labute approximate surface area is 104 Å². The molecular formula is C14H14N2S. The molecule has 0 bridgehead atoms. The van der Waals surface area contributed by atoms with Crippen LogP contribution in [0.1, 0.15) is 12.5 Å². The van der Waals surface area contributed by atoms with Crippen LogP contribution in [0.15, 0.2) is 30.3 Å². The van der Waals surface area contributed by atoms with E-state index in [0.29, 0.717) is 0 Å². The average molecular weight is 242 g/mol. The fourth-order valence-corrected chi connectivity index (χ4v) is 3.56. The Bertz CT molecular complexity index is 713. The lowest BCUT2D eigenvalue weighted by molar-refractivity contribution is 1.16. The molecule has 1 aromatic heterocycles. The van der Waals surface area contributed by atoms with Crippen LogP contribution in [0.3, 0.4) is 0 Å². The molecular weight excluding hydrogens is 228 g/mol. The van der Waals surface area contributed by atoms with Crippen molar-refractivity contribution in [2.75, 3.05) is 11.5 Å². The fraction of sp³-hybridized carbons (Fsp3) is 0.143. The fourth-order valence-electron chi connectivity index (χ4n) is 2.31. The zero-order valence-electron chi connectivity index (χ0n) is 9.66. The van der Waals surface area contributed by atoms with Gasteiger partial charge in [-0.2, -0.15) is 0 Å². The van der Waals surface area contributed by atoms with Crippen LogP contribution in [0, 0.1) is 0 Å². The van der Waals surface area contributed by atoms with Gasteiger partial charge in [0.1, 0.15) is 0 Å². The number of aryl methyl sites for hydroxylation is 1. The zero-order chi connectivity index (χ0) is 12.0. The molecule has 3 aromatic rings. The lowest BCUT2D eigenvalue weighted by Gasteiger charge is -2.02. The highest BCUT2D eigenvalue weighted by Gasteiger charge is 2.09. The molecule has 0 atom stereocenters. The number of hydrogen-bond acceptors (Lipinski definition) is 3. The summed E-state index contributed by atoms with van der Waals surface area (Å²) in [5, 5.41) is 2.62. The van der Waals surface area contributed by atoms with E-state index in [0.717, 1.165) is 17.8 Å². The maximum Gasteiger partial charge on any atom is 0.0378 e. The topological polar surface area (TPSA) is 52.0 Å². The van der Waals surface area contributed by atoms with Gasteiger partial charge in [-0.15, -0.1) is 11.3 Å². The summed E-state index contributed by atoms with van der Waals surface area (Å²) in [6.45, 7) is 2.16. The summed E-state index contributed by atoms with van der Waals surface area (Å²) in [4.78, 5) is 0. The summed E-state index contributed by atoms with van der Waals surface area (Å²) < 4.78 is 2.49. The van der Waals surface area contributed by atoms with E-state index in [1.54, 1.807) is 11.3 Å². The van der Waals surface area contributed by atoms with Gasteiger partial charge in [-0.1, -0.05) is 13.0 Å². The Morgan fingerprint density at radius 3 is 2.53 bits per heavy atom. The molecule has 2 nitrogen and oxygen atoms in total. The lowest BCUT2D eigenvalue weighted by atomic mass is 10.0. The van der Waals surface area contributed by atoms with Gasteiger partial charge in [0, 0.05) is 31.5 Å². The molecule has 0 aliphatic rings. The monoisotopic (exact) mass is 242 g/mol. The van der Waals surface area contributed by atoms with E-state index >= 15 is 0 Å². The molecule has 0 amide bonds. The summed E-state index contributed by atoms with van der Waals surface area (Å²) >= 11 is 1.76. The highest BCUT2D eigenvalue weighted by molar-refractivity contribution is 7.25. The van der Waals surface area contributed by atoms with Crippen LogP contribution in [-0.4, -0.2) is 0 Å². The smallest absolute Gasteiger partial charge is 0.0378 e. The summed E-state index contributed by atoms with van der Waals surface area (Å²) in [5.74, 6) is 0. The maximum absolute atomic E-state index is 5.93. The minimum Gasteiger partial charge on any atom is -0.399 e. The lowest BCUT2D eigenvalue weighted by Crippen LogP contribution is -1.88. The Hall–Kier alpha value is -1.74. The van der Waals surface area contributed by atoms with Gasteiger partial charge in [0.25, 0.3) is 0 Å². The van der Waals surface area contributed by atoms with Crippen molar-refractivity contribution in [3.63, 3.8) is 0 Å². The van der Waals surface area contributed by atoms with Crippen molar-refractivity contribution in [3.05, 3.63) is 35.9 Å². The predicted molar refractivity (Wildman–Crippen MR) is 77.5 cm³/mol. The standard InChI is InChI=1S/C14H14N2S/c1-2-8-5-10(16)7-13-14(8)11-4-3-9(15)6-12(11)17-13/h3-7H,2,15-16H2,1H3. The molecule has 3 heteroatoms. The predicted octanol–water partition coefficient (Wildman–Crippen LogP) is 3.78. The number of benzene rings is 2. The third-order valence-electron chi connectivity index (χ3n) is 3.08. The van der Waals surface area contributed by atoms with Gasteiger partial charge in [0.2, 0.25) is 0 Å². The molecule has 17 heavy (non-hydrogen) atoms. The van der Waals surface area contributed by atoms with Crippen LogP contribution in [0.2, 0.25) is 0 Å². The summed E-state index contributed by atoms with van der Waals surface area (Å²) in [6, 6.07) is 10.2. The van der Waals surface area contributed by atoms with E-state index in [-0.39, 0.29) is 0 Å². The summed E-state index contributed by atoms with van der Waals surface area (Å²) in [5.41, 5.74) is 14.7. The van der Waals surface area contributed by atoms with Crippen molar-refractivity contribution in [2.24, 2.45) is 0 Å². The second-order valence-corrected chi connectivity index (χ2v) is 5.35. The van der Waals surface area contributed by atoms with Crippen molar-refractivity contribution in [1.29, 1.82) is 0 Å². The molecule has 0 aliphatic carbocycles. The second kappa shape index (κ2) is 3.64. The number of nitrogen functional groups attached to an aromatic ring is 2. The first kappa shape index (κ1) is 10.4. The first-order valence-electron chi connectivity index (χ1n) is 5.69. The Morgan fingerprint density at radius 2 is 1.76 bits per heavy atom. The Morgan fingerprint density at radius 1 is 1.00 bits per heavy atom. The van der Waals surface area contributed by atoms with E-state index in [1.807, 2.05) is 12.1 Å². The molecule has 0 saturated heterocycles. The van der Waals surface area contributed by atoms with Gasteiger partial charge in [-0.05, 0) is 36.2 Å². The molecule has 0 unspecified atom stereocenters.